The van der Waals surface area contributed by atoms with Gasteiger partial charge in [0.2, 0.25) is 0 Å². The molecule has 98 valence electrons. The van der Waals surface area contributed by atoms with Crippen LogP contribution in [0.2, 0.25) is 0 Å². The summed E-state index contributed by atoms with van der Waals surface area (Å²) in [5.41, 5.74) is 9.17. The van der Waals surface area contributed by atoms with Gasteiger partial charge in [-0.05, 0) is 43.2 Å². The summed E-state index contributed by atoms with van der Waals surface area (Å²) >= 11 is 0. The van der Waals surface area contributed by atoms with Crippen molar-refractivity contribution < 1.29 is 0 Å². The molecule has 2 saturated heterocycles. The molecule has 1 aromatic rings. The predicted octanol–water partition coefficient (Wildman–Crippen LogP) is 2.70. The summed E-state index contributed by atoms with van der Waals surface area (Å²) in [7, 11) is 0. The molecule has 0 spiro atoms. The molecule has 2 bridgehead atoms. The van der Waals surface area contributed by atoms with E-state index in [0.717, 1.165) is 25.0 Å². The number of aryl methyl sites for hydroxylation is 1. The van der Waals surface area contributed by atoms with Gasteiger partial charge in [0, 0.05) is 24.7 Å². The lowest BCUT2D eigenvalue weighted by molar-refractivity contribution is 0.119. The summed E-state index contributed by atoms with van der Waals surface area (Å²) < 4.78 is 0. The van der Waals surface area contributed by atoms with E-state index in [9.17, 15) is 0 Å². The molecule has 0 aliphatic carbocycles. The van der Waals surface area contributed by atoms with Gasteiger partial charge < -0.3 is 5.73 Å². The fourth-order valence-corrected chi connectivity index (χ4v) is 3.83. The topological polar surface area (TPSA) is 29.3 Å². The fourth-order valence-electron chi connectivity index (χ4n) is 3.83. The smallest absolute Gasteiger partial charge is 0.0242 e. The molecule has 2 aliphatic heterocycles. The first-order valence-electron chi connectivity index (χ1n) is 7.36. The summed E-state index contributed by atoms with van der Waals surface area (Å²) in [6.45, 7) is 3.38. The second-order valence-electron chi connectivity index (χ2n) is 5.91. The molecular formula is C16H24N2. The molecular weight excluding hydrogens is 220 g/mol. The molecule has 0 radical (unpaired) electrons. The van der Waals surface area contributed by atoms with Crippen LogP contribution in [0.5, 0.6) is 0 Å². The van der Waals surface area contributed by atoms with Crippen molar-refractivity contribution in [2.75, 3.05) is 0 Å². The molecule has 2 aliphatic rings. The van der Waals surface area contributed by atoms with Crippen LogP contribution in [0.3, 0.4) is 0 Å². The Morgan fingerprint density at radius 1 is 1.11 bits per heavy atom. The average Bonchev–Trinajstić information content (AvgIpc) is 2.62. The van der Waals surface area contributed by atoms with Gasteiger partial charge in [0.15, 0.2) is 0 Å². The normalized spacial score (nSPS) is 31.8. The Morgan fingerprint density at radius 3 is 2.33 bits per heavy atom. The Morgan fingerprint density at radius 2 is 1.72 bits per heavy atom. The maximum Gasteiger partial charge on any atom is 0.0242 e. The largest absolute Gasteiger partial charge is 0.328 e. The Kier molecular flexibility index (Phi) is 3.40. The van der Waals surface area contributed by atoms with E-state index >= 15 is 0 Å². The molecule has 0 saturated carbocycles. The van der Waals surface area contributed by atoms with Gasteiger partial charge in [0.25, 0.3) is 0 Å². The van der Waals surface area contributed by atoms with E-state index in [2.05, 4.69) is 36.1 Å². The second kappa shape index (κ2) is 5.02. The van der Waals surface area contributed by atoms with Crippen molar-refractivity contribution in [1.82, 2.24) is 4.90 Å². The molecule has 2 heteroatoms. The van der Waals surface area contributed by atoms with E-state index in [1.54, 1.807) is 0 Å². The zero-order valence-electron chi connectivity index (χ0n) is 11.3. The highest BCUT2D eigenvalue weighted by Crippen LogP contribution is 2.36. The molecule has 1 aromatic carbocycles. The Bertz CT molecular complexity index is 401. The SMILES string of the molecule is CCc1ccccc1CN1C2CCC1CC(N)C2. The molecule has 2 N–H and O–H groups in total. The van der Waals surface area contributed by atoms with Crippen molar-refractivity contribution in [2.45, 2.75) is 63.7 Å². The van der Waals surface area contributed by atoms with Gasteiger partial charge >= 0.3 is 0 Å². The Balaban J connectivity index is 1.77. The molecule has 18 heavy (non-hydrogen) atoms. The van der Waals surface area contributed by atoms with Crippen molar-refractivity contribution in [2.24, 2.45) is 5.73 Å². The maximum atomic E-state index is 6.14. The minimum Gasteiger partial charge on any atom is -0.328 e. The lowest BCUT2D eigenvalue weighted by atomic mass is 9.96. The van der Waals surface area contributed by atoms with Crippen LogP contribution in [-0.4, -0.2) is 23.0 Å². The fraction of sp³-hybridized carbons (Fsp3) is 0.625. The first-order valence-corrected chi connectivity index (χ1v) is 7.36. The minimum atomic E-state index is 0.445. The van der Waals surface area contributed by atoms with E-state index in [1.165, 1.54) is 36.8 Å². The van der Waals surface area contributed by atoms with Crippen LogP contribution in [0, 0.1) is 0 Å². The third-order valence-corrected chi connectivity index (χ3v) is 4.77. The number of benzene rings is 1. The van der Waals surface area contributed by atoms with E-state index < -0.39 is 0 Å². The number of rotatable bonds is 3. The molecule has 2 unspecified atom stereocenters. The van der Waals surface area contributed by atoms with Crippen LogP contribution in [0.25, 0.3) is 0 Å². The monoisotopic (exact) mass is 244 g/mol. The van der Waals surface area contributed by atoms with Gasteiger partial charge in [-0.2, -0.15) is 0 Å². The van der Waals surface area contributed by atoms with Gasteiger partial charge in [0.1, 0.15) is 0 Å². The molecule has 2 fully saturated rings. The van der Waals surface area contributed by atoms with E-state index in [-0.39, 0.29) is 0 Å². The van der Waals surface area contributed by atoms with Crippen molar-refractivity contribution >= 4 is 0 Å². The van der Waals surface area contributed by atoms with Gasteiger partial charge in [-0.15, -0.1) is 0 Å². The summed E-state index contributed by atoms with van der Waals surface area (Å²) in [4.78, 5) is 2.72. The van der Waals surface area contributed by atoms with Crippen molar-refractivity contribution in [3.63, 3.8) is 0 Å². The van der Waals surface area contributed by atoms with Crippen LogP contribution in [0.15, 0.2) is 24.3 Å². The minimum absolute atomic E-state index is 0.445. The third kappa shape index (κ3) is 2.19. The Labute approximate surface area is 110 Å². The highest BCUT2D eigenvalue weighted by molar-refractivity contribution is 5.27. The lowest BCUT2D eigenvalue weighted by Gasteiger charge is -2.38. The highest BCUT2D eigenvalue weighted by Gasteiger charge is 2.39. The molecule has 0 aromatic heterocycles. The Hall–Kier alpha value is -0.860. The van der Waals surface area contributed by atoms with Crippen molar-refractivity contribution in [3.8, 4) is 0 Å². The number of nitrogens with zero attached hydrogens (tertiary/aromatic N) is 1. The van der Waals surface area contributed by atoms with Gasteiger partial charge in [-0.1, -0.05) is 31.2 Å². The van der Waals surface area contributed by atoms with Crippen molar-refractivity contribution in [3.05, 3.63) is 35.4 Å². The van der Waals surface area contributed by atoms with E-state index in [1.807, 2.05) is 0 Å². The average molecular weight is 244 g/mol. The first kappa shape index (κ1) is 12.2. The second-order valence-corrected chi connectivity index (χ2v) is 5.91. The molecule has 2 heterocycles. The predicted molar refractivity (Wildman–Crippen MR) is 75.4 cm³/mol. The van der Waals surface area contributed by atoms with Crippen molar-refractivity contribution in [1.29, 1.82) is 0 Å². The van der Waals surface area contributed by atoms with Gasteiger partial charge in [-0.25, -0.2) is 0 Å². The summed E-state index contributed by atoms with van der Waals surface area (Å²) in [6.07, 6.45) is 6.24. The van der Waals surface area contributed by atoms with Crippen LogP contribution < -0.4 is 5.73 Å². The number of piperidine rings is 1. The van der Waals surface area contributed by atoms with Crippen LogP contribution in [-0.2, 0) is 13.0 Å². The van der Waals surface area contributed by atoms with Gasteiger partial charge in [-0.3, -0.25) is 4.90 Å². The summed E-state index contributed by atoms with van der Waals surface area (Å²) in [5, 5.41) is 0. The maximum absolute atomic E-state index is 6.14. The molecule has 0 amide bonds. The zero-order chi connectivity index (χ0) is 12.5. The van der Waals surface area contributed by atoms with Crippen LogP contribution in [0.4, 0.5) is 0 Å². The van der Waals surface area contributed by atoms with E-state index in [0.29, 0.717) is 6.04 Å². The summed E-state index contributed by atoms with van der Waals surface area (Å²) in [6, 6.07) is 10.8. The molecule has 2 nitrogen and oxygen atoms in total. The van der Waals surface area contributed by atoms with E-state index in [4.69, 9.17) is 5.73 Å². The van der Waals surface area contributed by atoms with Crippen LogP contribution in [0.1, 0.15) is 43.7 Å². The number of fused-ring (bicyclic) bond motifs is 2. The third-order valence-electron chi connectivity index (χ3n) is 4.77. The summed E-state index contributed by atoms with van der Waals surface area (Å²) in [5.74, 6) is 0. The van der Waals surface area contributed by atoms with Gasteiger partial charge in [0.05, 0.1) is 0 Å². The number of nitrogens with two attached hydrogens (primary N) is 1. The molecule has 3 rings (SSSR count). The quantitative estimate of drug-likeness (QED) is 0.886. The number of hydrogen-bond acceptors (Lipinski definition) is 2. The highest BCUT2D eigenvalue weighted by atomic mass is 15.2. The van der Waals surface area contributed by atoms with Crippen LogP contribution >= 0.6 is 0 Å². The number of hydrogen-bond donors (Lipinski definition) is 1. The standard InChI is InChI=1S/C16H24N2/c1-2-12-5-3-4-6-13(12)11-18-15-7-8-16(18)10-14(17)9-15/h3-6,14-16H,2,7-11,17H2,1H3. The zero-order valence-corrected chi connectivity index (χ0v) is 11.3. The lowest BCUT2D eigenvalue weighted by Crippen LogP contribution is -2.46. The first-order chi connectivity index (χ1) is 8.78. The molecule has 2 atom stereocenters.